The van der Waals surface area contributed by atoms with Crippen LogP contribution < -0.4 is 0 Å². The molecule has 58 valence electrons. The fourth-order valence-electron chi connectivity index (χ4n) is 1.10. The largest absolute Gasteiger partial charge is 0.212 e. The molecular formula is C8H6N4. The molecule has 2 aromatic heterocycles. The number of aryl methyl sites for hydroxylation is 1. The van der Waals surface area contributed by atoms with Crippen LogP contribution in [0.3, 0.4) is 0 Å². The number of pyridine rings is 1. The molecule has 2 heterocycles. The Labute approximate surface area is 69.1 Å². The van der Waals surface area contributed by atoms with Crippen LogP contribution in [0.2, 0.25) is 0 Å². The predicted octanol–water partition coefficient (Wildman–Crippen LogP) is 0.909. The molecule has 0 aliphatic rings. The van der Waals surface area contributed by atoms with Crippen LogP contribution >= 0.6 is 0 Å². The molecule has 0 saturated heterocycles. The van der Waals surface area contributed by atoms with Gasteiger partial charge in [0.05, 0.1) is 0 Å². The molecule has 0 aliphatic carbocycles. The van der Waals surface area contributed by atoms with Crippen LogP contribution in [-0.2, 0) is 0 Å². The quantitative estimate of drug-likeness (QED) is 0.572. The lowest BCUT2D eigenvalue weighted by atomic mass is 10.4. The first-order chi connectivity index (χ1) is 5.81. The molecule has 0 aromatic carbocycles. The molecule has 0 unspecified atom stereocenters. The van der Waals surface area contributed by atoms with E-state index in [1.165, 1.54) is 4.52 Å². The van der Waals surface area contributed by atoms with E-state index >= 15 is 0 Å². The number of hydrogen-bond donors (Lipinski definition) is 0. The molecule has 4 nitrogen and oxygen atoms in total. The predicted molar refractivity (Wildman–Crippen MR) is 42.4 cm³/mol. The molecule has 4 heteroatoms. The van der Waals surface area contributed by atoms with Crippen molar-refractivity contribution in [1.29, 1.82) is 5.26 Å². The lowest BCUT2D eigenvalue weighted by Crippen LogP contribution is -1.92. The minimum Gasteiger partial charge on any atom is -0.212 e. The Morgan fingerprint density at radius 2 is 2.33 bits per heavy atom. The molecule has 0 fully saturated rings. The van der Waals surface area contributed by atoms with Crippen LogP contribution in [0.1, 0.15) is 11.5 Å². The van der Waals surface area contributed by atoms with Crippen LogP contribution in [-0.4, -0.2) is 14.6 Å². The first-order valence-corrected chi connectivity index (χ1v) is 3.54. The second-order valence-electron chi connectivity index (χ2n) is 2.45. The van der Waals surface area contributed by atoms with E-state index in [9.17, 15) is 0 Å². The zero-order valence-corrected chi connectivity index (χ0v) is 6.52. The fourth-order valence-corrected chi connectivity index (χ4v) is 1.10. The van der Waals surface area contributed by atoms with Gasteiger partial charge in [0.2, 0.25) is 0 Å². The molecule has 2 rings (SSSR count). The summed E-state index contributed by atoms with van der Waals surface area (Å²) in [6.07, 6.45) is 0. The van der Waals surface area contributed by atoms with Crippen LogP contribution in [0.4, 0.5) is 0 Å². The van der Waals surface area contributed by atoms with Gasteiger partial charge in [-0.25, -0.2) is 9.50 Å². The number of aromatic nitrogens is 3. The van der Waals surface area contributed by atoms with Crippen molar-refractivity contribution < 1.29 is 0 Å². The maximum absolute atomic E-state index is 8.71. The summed E-state index contributed by atoms with van der Waals surface area (Å²) in [7, 11) is 0. The topological polar surface area (TPSA) is 54.0 Å². The normalized spacial score (nSPS) is 10.0. The lowest BCUT2D eigenvalue weighted by Gasteiger charge is -1.91. The molecule has 0 atom stereocenters. The molecule has 0 aliphatic heterocycles. The highest BCUT2D eigenvalue weighted by atomic mass is 15.3. The molecule has 0 N–H and O–H groups in total. The Balaban J connectivity index is 2.89. The smallest absolute Gasteiger partial charge is 0.157 e. The van der Waals surface area contributed by atoms with Gasteiger partial charge in [0.15, 0.2) is 5.65 Å². The Morgan fingerprint density at radius 1 is 1.50 bits per heavy atom. The second kappa shape index (κ2) is 2.31. The van der Waals surface area contributed by atoms with Crippen molar-refractivity contribution >= 4 is 5.65 Å². The van der Waals surface area contributed by atoms with Gasteiger partial charge in [0.25, 0.3) is 0 Å². The number of fused-ring (bicyclic) bond motifs is 1. The van der Waals surface area contributed by atoms with Crippen LogP contribution in [0.5, 0.6) is 0 Å². The summed E-state index contributed by atoms with van der Waals surface area (Å²) in [6, 6.07) is 7.37. The number of nitriles is 1. The minimum absolute atomic E-state index is 0.508. The fraction of sp³-hybridized carbons (Fsp3) is 0.125. The Morgan fingerprint density at radius 3 is 3.08 bits per heavy atom. The summed E-state index contributed by atoms with van der Waals surface area (Å²) in [5, 5.41) is 12.8. The van der Waals surface area contributed by atoms with E-state index in [1.807, 2.05) is 12.1 Å². The lowest BCUT2D eigenvalue weighted by molar-refractivity contribution is 0.914. The Hall–Kier alpha value is -1.89. The summed E-state index contributed by atoms with van der Waals surface area (Å²) in [6.45, 7) is 1.80. The van der Waals surface area contributed by atoms with Gasteiger partial charge < -0.3 is 0 Å². The number of rotatable bonds is 0. The Kier molecular flexibility index (Phi) is 1.31. The third kappa shape index (κ3) is 0.839. The standard InChI is InChI=1S/C8H6N4/c1-6-10-8-4-2-3-7(5-9)12(8)11-6/h2-4H,1H3. The second-order valence-corrected chi connectivity index (χ2v) is 2.45. The summed E-state index contributed by atoms with van der Waals surface area (Å²) >= 11 is 0. The summed E-state index contributed by atoms with van der Waals surface area (Å²) in [5.41, 5.74) is 1.22. The van der Waals surface area contributed by atoms with E-state index in [0.29, 0.717) is 17.2 Å². The number of nitrogens with zero attached hydrogens (tertiary/aromatic N) is 4. The van der Waals surface area contributed by atoms with E-state index in [2.05, 4.69) is 10.1 Å². The molecule has 0 amide bonds. The summed E-state index contributed by atoms with van der Waals surface area (Å²) in [5.74, 6) is 0.678. The molecule has 0 radical (unpaired) electrons. The molecule has 0 saturated carbocycles. The molecule has 0 bridgehead atoms. The highest BCUT2D eigenvalue weighted by Gasteiger charge is 2.01. The van der Waals surface area contributed by atoms with Crippen LogP contribution in [0, 0.1) is 18.3 Å². The Bertz CT molecular complexity index is 463. The monoisotopic (exact) mass is 158 g/mol. The minimum atomic E-state index is 0.508. The van der Waals surface area contributed by atoms with Crippen LogP contribution in [0.25, 0.3) is 5.65 Å². The van der Waals surface area contributed by atoms with Gasteiger partial charge in [-0.2, -0.15) is 10.4 Å². The average Bonchev–Trinajstić information content (AvgIpc) is 2.44. The van der Waals surface area contributed by atoms with E-state index in [4.69, 9.17) is 5.26 Å². The van der Waals surface area contributed by atoms with E-state index in [-0.39, 0.29) is 0 Å². The van der Waals surface area contributed by atoms with Crippen molar-refractivity contribution in [3.63, 3.8) is 0 Å². The van der Waals surface area contributed by atoms with E-state index in [1.54, 1.807) is 19.1 Å². The average molecular weight is 158 g/mol. The molecule has 2 aromatic rings. The first-order valence-electron chi connectivity index (χ1n) is 3.54. The van der Waals surface area contributed by atoms with Crippen LogP contribution in [0.15, 0.2) is 18.2 Å². The van der Waals surface area contributed by atoms with Crippen molar-refractivity contribution in [3.05, 3.63) is 29.7 Å². The third-order valence-corrected chi connectivity index (χ3v) is 1.58. The molecular weight excluding hydrogens is 152 g/mol. The molecule has 12 heavy (non-hydrogen) atoms. The van der Waals surface area contributed by atoms with Gasteiger partial charge in [-0.1, -0.05) is 6.07 Å². The van der Waals surface area contributed by atoms with Crippen molar-refractivity contribution in [3.8, 4) is 6.07 Å². The molecule has 0 spiro atoms. The van der Waals surface area contributed by atoms with Gasteiger partial charge in [0, 0.05) is 0 Å². The van der Waals surface area contributed by atoms with Gasteiger partial charge >= 0.3 is 0 Å². The van der Waals surface area contributed by atoms with Gasteiger partial charge in [0.1, 0.15) is 17.6 Å². The maximum atomic E-state index is 8.71. The zero-order chi connectivity index (χ0) is 8.55. The van der Waals surface area contributed by atoms with Crippen molar-refractivity contribution in [1.82, 2.24) is 14.6 Å². The van der Waals surface area contributed by atoms with Gasteiger partial charge in [-0.05, 0) is 19.1 Å². The van der Waals surface area contributed by atoms with E-state index < -0.39 is 0 Å². The number of hydrogen-bond acceptors (Lipinski definition) is 3. The zero-order valence-electron chi connectivity index (χ0n) is 6.52. The van der Waals surface area contributed by atoms with Crippen molar-refractivity contribution in [2.75, 3.05) is 0 Å². The summed E-state index contributed by atoms with van der Waals surface area (Å²) < 4.78 is 1.54. The highest BCUT2D eigenvalue weighted by molar-refractivity contribution is 5.41. The van der Waals surface area contributed by atoms with E-state index in [0.717, 1.165) is 0 Å². The van der Waals surface area contributed by atoms with Crippen molar-refractivity contribution in [2.24, 2.45) is 0 Å². The highest BCUT2D eigenvalue weighted by Crippen LogP contribution is 2.03. The third-order valence-electron chi connectivity index (χ3n) is 1.58. The van der Waals surface area contributed by atoms with Gasteiger partial charge in [-0.15, -0.1) is 0 Å². The van der Waals surface area contributed by atoms with Crippen molar-refractivity contribution in [2.45, 2.75) is 6.92 Å². The summed E-state index contributed by atoms with van der Waals surface area (Å²) in [4.78, 5) is 4.12. The maximum Gasteiger partial charge on any atom is 0.157 e. The van der Waals surface area contributed by atoms with Gasteiger partial charge in [-0.3, -0.25) is 0 Å². The SMILES string of the molecule is Cc1nc2cccc(C#N)n2n1. The first kappa shape index (κ1) is 6.80.